The molecular formula is C29H35N5O4S. The van der Waals surface area contributed by atoms with E-state index in [-0.39, 0.29) is 6.42 Å². The number of aromatic nitrogens is 3. The van der Waals surface area contributed by atoms with Crippen molar-refractivity contribution in [3.63, 3.8) is 0 Å². The van der Waals surface area contributed by atoms with E-state index in [0.717, 1.165) is 51.1 Å². The Morgan fingerprint density at radius 1 is 1.08 bits per heavy atom. The van der Waals surface area contributed by atoms with Gasteiger partial charge in [0.25, 0.3) is 0 Å². The lowest BCUT2D eigenvalue weighted by Gasteiger charge is -2.42. The standard InChI is InChI=1S/C29H35N5O4S/c1-5-33-14-15-34(39(37,38)27-9-7-6-8-25(27)33)18-22-16-21(11-10-19(22)2)24(17-28(35)36)23-12-13-26-29(20(23)3)30-31-32(26)4/h6-13,16,24,37-38H,5,14-15,17-18H2,1-4H3,(H,35,36). The Bertz CT molecular complexity index is 1540. The van der Waals surface area contributed by atoms with Gasteiger partial charge in [0.15, 0.2) is 0 Å². The van der Waals surface area contributed by atoms with Gasteiger partial charge < -0.3 is 10.0 Å². The van der Waals surface area contributed by atoms with Gasteiger partial charge in [-0.1, -0.05) is 41.6 Å². The summed E-state index contributed by atoms with van der Waals surface area (Å²) >= 11 is 0. The highest BCUT2D eigenvalue weighted by Gasteiger charge is 2.33. The number of rotatable bonds is 7. The van der Waals surface area contributed by atoms with Gasteiger partial charge in [-0.2, -0.15) is 4.31 Å². The van der Waals surface area contributed by atoms with E-state index in [0.29, 0.717) is 24.5 Å². The first-order valence-corrected chi connectivity index (χ1v) is 14.6. The molecule has 39 heavy (non-hydrogen) atoms. The number of likely N-dealkylation sites (N-methyl/N-ethyl adjacent to an activating group) is 1. The van der Waals surface area contributed by atoms with E-state index in [4.69, 9.17) is 0 Å². The number of benzene rings is 3. The number of aliphatic carboxylic acids is 1. The molecule has 3 aromatic carbocycles. The molecular weight excluding hydrogens is 514 g/mol. The number of aryl methyl sites for hydroxylation is 3. The molecule has 0 fully saturated rings. The SMILES string of the molecule is CCN1CCN(Cc2cc(C(CC(=O)O)c3ccc4c(nnn4C)c3C)ccc2C)S(O)(O)c2ccccc21. The summed E-state index contributed by atoms with van der Waals surface area (Å²) in [6.45, 7) is 8.26. The normalized spacial score (nSPS) is 17.0. The summed E-state index contributed by atoms with van der Waals surface area (Å²) in [4.78, 5) is 14.7. The van der Waals surface area contributed by atoms with Gasteiger partial charge >= 0.3 is 5.97 Å². The van der Waals surface area contributed by atoms with E-state index < -0.39 is 22.7 Å². The third-order valence-electron chi connectivity index (χ3n) is 7.82. The monoisotopic (exact) mass is 549 g/mol. The zero-order chi connectivity index (χ0) is 27.9. The highest BCUT2D eigenvalue weighted by Crippen LogP contribution is 2.57. The highest BCUT2D eigenvalue weighted by atomic mass is 32.3. The van der Waals surface area contributed by atoms with Crippen molar-refractivity contribution in [1.29, 1.82) is 0 Å². The topological polar surface area (TPSA) is 115 Å². The molecule has 1 aromatic heterocycles. The summed E-state index contributed by atoms with van der Waals surface area (Å²) in [7, 11) is -1.40. The van der Waals surface area contributed by atoms with Crippen molar-refractivity contribution in [2.24, 2.45) is 7.05 Å². The quantitative estimate of drug-likeness (QED) is 0.275. The van der Waals surface area contributed by atoms with Gasteiger partial charge in [0, 0.05) is 39.1 Å². The number of carboxylic acid groups (broad SMARTS) is 1. The summed E-state index contributed by atoms with van der Waals surface area (Å²) in [5.41, 5.74) is 7.12. The maximum atomic E-state index is 12.0. The molecule has 1 aliphatic rings. The zero-order valence-electron chi connectivity index (χ0n) is 22.7. The number of hydrogen-bond donors (Lipinski definition) is 3. The van der Waals surface area contributed by atoms with Gasteiger partial charge in [0.2, 0.25) is 0 Å². The Morgan fingerprint density at radius 2 is 1.85 bits per heavy atom. The fraction of sp³-hybridized carbons (Fsp3) is 0.345. The van der Waals surface area contributed by atoms with Crippen LogP contribution in [0, 0.1) is 13.8 Å². The molecule has 206 valence electrons. The number of anilines is 1. The molecule has 0 amide bonds. The maximum absolute atomic E-state index is 12.0. The predicted molar refractivity (Wildman–Crippen MR) is 154 cm³/mol. The van der Waals surface area contributed by atoms with Crippen LogP contribution in [-0.4, -0.2) is 59.1 Å². The first kappa shape index (κ1) is 27.1. The van der Waals surface area contributed by atoms with E-state index >= 15 is 0 Å². The van der Waals surface area contributed by atoms with Crippen LogP contribution in [0.25, 0.3) is 11.0 Å². The lowest BCUT2D eigenvalue weighted by atomic mass is 9.84. The fourth-order valence-corrected chi connectivity index (χ4v) is 7.22. The van der Waals surface area contributed by atoms with E-state index in [9.17, 15) is 19.0 Å². The van der Waals surface area contributed by atoms with Crippen LogP contribution >= 0.6 is 10.8 Å². The van der Waals surface area contributed by atoms with Gasteiger partial charge in [-0.3, -0.25) is 13.9 Å². The van der Waals surface area contributed by atoms with E-state index in [1.165, 1.54) is 0 Å². The zero-order valence-corrected chi connectivity index (χ0v) is 23.5. The molecule has 1 unspecified atom stereocenters. The molecule has 1 aliphatic heterocycles. The number of hydrogen-bond acceptors (Lipinski definition) is 7. The average Bonchev–Trinajstić information content (AvgIpc) is 3.25. The van der Waals surface area contributed by atoms with Crippen molar-refractivity contribution in [3.8, 4) is 0 Å². The summed E-state index contributed by atoms with van der Waals surface area (Å²) < 4.78 is 26.5. The minimum absolute atomic E-state index is 0.0765. The van der Waals surface area contributed by atoms with E-state index in [1.807, 2.05) is 69.4 Å². The lowest BCUT2D eigenvalue weighted by Crippen LogP contribution is -2.32. The van der Waals surface area contributed by atoms with Gasteiger partial charge in [-0.15, -0.1) is 15.9 Å². The van der Waals surface area contributed by atoms with Crippen LogP contribution in [0.15, 0.2) is 59.5 Å². The largest absolute Gasteiger partial charge is 0.481 e. The van der Waals surface area contributed by atoms with Crippen LogP contribution < -0.4 is 4.90 Å². The molecule has 3 N–H and O–H groups in total. The predicted octanol–water partition coefficient (Wildman–Crippen LogP) is 5.56. The van der Waals surface area contributed by atoms with Crippen molar-refractivity contribution in [2.45, 2.75) is 44.6 Å². The molecule has 0 bridgehead atoms. The maximum Gasteiger partial charge on any atom is 0.304 e. The van der Waals surface area contributed by atoms with E-state index in [2.05, 4.69) is 22.1 Å². The van der Waals surface area contributed by atoms with Gasteiger partial charge in [0.05, 0.1) is 22.5 Å². The minimum Gasteiger partial charge on any atom is -0.481 e. The number of nitrogens with zero attached hydrogens (tertiary/aromatic N) is 5. The second-order valence-electron chi connectivity index (χ2n) is 10.1. The van der Waals surface area contributed by atoms with Crippen LogP contribution in [0.2, 0.25) is 0 Å². The third kappa shape index (κ3) is 5.00. The average molecular weight is 550 g/mol. The molecule has 0 spiro atoms. The van der Waals surface area contributed by atoms with Crippen LogP contribution in [0.4, 0.5) is 5.69 Å². The van der Waals surface area contributed by atoms with Crippen LogP contribution in [0.1, 0.15) is 47.1 Å². The number of carboxylic acids is 1. The first-order valence-electron chi connectivity index (χ1n) is 13.1. The van der Waals surface area contributed by atoms with Gasteiger partial charge in [-0.05, 0) is 66.8 Å². The summed E-state index contributed by atoms with van der Waals surface area (Å²) in [5.74, 6) is -1.28. The van der Waals surface area contributed by atoms with Crippen LogP contribution in [-0.2, 0) is 18.4 Å². The van der Waals surface area contributed by atoms with Gasteiger partial charge in [-0.25, -0.2) is 4.68 Å². The van der Waals surface area contributed by atoms with Crippen molar-refractivity contribution < 1.29 is 19.0 Å². The number of fused-ring (bicyclic) bond motifs is 2. The molecule has 0 saturated carbocycles. The Balaban J connectivity index is 1.53. The molecule has 1 atom stereocenters. The molecule has 0 saturated heterocycles. The number of carbonyl (C=O) groups is 1. The Hall–Kier alpha value is -3.44. The summed E-state index contributed by atoms with van der Waals surface area (Å²) in [6, 6.07) is 17.4. The highest BCUT2D eigenvalue weighted by molar-refractivity contribution is 8.22. The summed E-state index contributed by atoms with van der Waals surface area (Å²) in [5, 5.41) is 18.3. The fourth-order valence-electron chi connectivity index (χ4n) is 5.54. The Morgan fingerprint density at radius 3 is 2.59 bits per heavy atom. The summed E-state index contributed by atoms with van der Waals surface area (Å²) in [6.07, 6.45) is -0.0765. The molecule has 4 aromatic rings. The second kappa shape index (κ2) is 10.6. The van der Waals surface area contributed by atoms with Crippen molar-refractivity contribution in [1.82, 2.24) is 19.3 Å². The molecule has 10 heteroatoms. The first-order chi connectivity index (χ1) is 18.6. The lowest BCUT2D eigenvalue weighted by molar-refractivity contribution is -0.137. The molecule has 9 nitrogen and oxygen atoms in total. The van der Waals surface area contributed by atoms with Gasteiger partial charge in [0.1, 0.15) is 5.52 Å². The van der Waals surface area contributed by atoms with Crippen molar-refractivity contribution >= 4 is 33.5 Å². The molecule has 0 aliphatic carbocycles. The van der Waals surface area contributed by atoms with Crippen molar-refractivity contribution in [2.75, 3.05) is 24.5 Å². The third-order valence-corrected chi connectivity index (χ3v) is 9.78. The minimum atomic E-state index is -3.23. The Kier molecular flexibility index (Phi) is 7.39. The molecule has 5 rings (SSSR count). The molecule has 2 heterocycles. The molecule has 0 radical (unpaired) electrons. The Labute approximate surface area is 230 Å². The van der Waals surface area contributed by atoms with Crippen molar-refractivity contribution in [3.05, 3.63) is 82.4 Å². The second-order valence-corrected chi connectivity index (χ2v) is 12.1. The van der Waals surface area contributed by atoms with E-state index in [1.54, 1.807) is 15.1 Å². The van der Waals surface area contributed by atoms with Crippen LogP contribution in [0.5, 0.6) is 0 Å². The smallest absolute Gasteiger partial charge is 0.304 e. The number of para-hydroxylation sites is 1. The van der Waals surface area contributed by atoms with Crippen LogP contribution in [0.3, 0.4) is 0 Å².